The summed E-state index contributed by atoms with van der Waals surface area (Å²) in [6, 6.07) is 21.7. The minimum absolute atomic E-state index is 0.0355. The highest BCUT2D eigenvalue weighted by Crippen LogP contribution is 2.15. The maximum Gasteiger partial charge on any atom is 0.260 e. The molecule has 1 aromatic heterocycles. The van der Waals surface area contributed by atoms with E-state index in [1.165, 1.54) is 5.56 Å². The molecule has 0 saturated heterocycles. The molecule has 0 N–H and O–H groups in total. The quantitative estimate of drug-likeness (QED) is 0.209. The van der Waals surface area contributed by atoms with Crippen LogP contribution < -0.4 is 4.74 Å². The fraction of sp³-hybridized carbons (Fsp3) is 0.419. The van der Waals surface area contributed by atoms with Crippen LogP contribution in [0.3, 0.4) is 0 Å². The van der Waals surface area contributed by atoms with Crippen LogP contribution in [0.1, 0.15) is 51.3 Å². The number of unbranched alkanes of at least 4 members (excludes halogenated alkanes) is 1. The van der Waals surface area contributed by atoms with Crippen molar-refractivity contribution in [2.75, 3.05) is 26.2 Å². The number of halogens is 1. The van der Waals surface area contributed by atoms with E-state index in [4.69, 9.17) is 4.74 Å². The summed E-state index contributed by atoms with van der Waals surface area (Å²) in [4.78, 5) is 30.3. The second kappa shape index (κ2) is 15.4. The lowest BCUT2D eigenvalue weighted by molar-refractivity contribution is -0.142. The maximum absolute atomic E-state index is 13.6. The Morgan fingerprint density at radius 3 is 2.34 bits per heavy atom. The van der Waals surface area contributed by atoms with E-state index in [0.29, 0.717) is 31.3 Å². The van der Waals surface area contributed by atoms with Crippen molar-refractivity contribution < 1.29 is 14.3 Å². The molecule has 3 aromatic rings. The van der Waals surface area contributed by atoms with Gasteiger partial charge in [-0.25, -0.2) is 0 Å². The number of hydrogen-bond donors (Lipinski definition) is 0. The van der Waals surface area contributed by atoms with Crippen molar-refractivity contribution in [3.05, 3.63) is 88.7 Å². The molecule has 0 bridgehead atoms. The lowest BCUT2D eigenvalue weighted by atomic mass is 10.1. The molecule has 0 aliphatic carbocycles. The first-order valence-electron chi connectivity index (χ1n) is 13.5. The van der Waals surface area contributed by atoms with Crippen molar-refractivity contribution in [1.82, 2.24) is 14.4 Å². The number of aromatic nitrogens is 1. The highest BCUT2D eigenvalue weighted by atomic mass is 79.9. The zero-order valence-corrected chi connectivity index (χ0v) is 24.4. The number of nitrogens with zero attached hydrogens (tertiary/aromatic N) is 3. The van der Waals surface area contributed by atoms with Crippen molar-refractivity contribution >= 4 is 27.7 Å². The van der Waals surface area contributed by atoms with Gasteiger partial charge in [0.1, 0.15) is 5.75 Å². The van der Waals surface area contributed by atoms with Crippen LogP contribution in [0.2, 0.25) is 0 Å². The zero-order valence-electron chi connectivity index (χ0n) is 22.8. The average Bonchev–Trinajstić information content (AvgIpc) is 3.35. The number of para-hydroxylation sites is 1. The molecule has 0 spiro atoms. The number of ether oxygens (including phenoxy) is 1. The van der Waals surface area contributed by atoms with Gasteiger partial charge in [-0.15, -0.1) is 0 Å². The van der Waals surface area contributed by atoms with Crippen molar-refractivity contribution in [3.63, 3.8) is 0 Å². The molecule has 0 atom stereocenters. The van der Waals surface area contributed by atoms with Gasteiger partial charge in [0, 0.05) is 36.0 Å². The van der Waals surface area contributed by atoms with Gasteiger partial charge in [-0.2, -0.15) is 0 Å². The summed E-state index contributed by atoms with van der Waals surface area (Å²) < 4.78 is 8.94. The van der Waals surface area contributed by atoms with Gasteiger partial charge in [0.2, 0.25) is 5.91 Å². The van der Waals surface area contributed by atoms with E-state index in [9.17, 15) is 9.59 Å². The summed E-state index contributed by atoms with van der Waals surface area (Å²) in [6.07, 6.45) is 4.79. The molecule has 0 radical (unpaired) electrons. The van der Waals surface area contributed by atoms with Gasteiger partial charge in [-0.05, 0) is 60.7 Å². The first kappa shape index (κ1) is 29.5. The number of hydrogen-bond acceptors (Lipinski definition) is 3. The Kier molecular flexibility index (Phi) is 11.9. The van der Waals surface area contributed by atoms with Crippen LogP contribution >= 0.6 is 15.9 Å². The van der Waals surface area contributed by atoms with Gasteiger partial charge in [0.15, 0.2) is 6.61 Å². The molecule has 204 valence electrons. The monoisotopic (exact) mass is 581 g/mol. The third-order valence-electron chi connectivity index (χ3n) is 6.44. The number of carbonyl (C=O) groups is 2. The van der Waals surface area contributed by atoms with Gasteiger partial charge in [-0.1, -0.05) is 73.5 Å². The molecule has 2 aromatic carbocycles. The highest BCUT2D eigenvalue weighted by molar-refractivity contribution is 9.10. The van der Waals surface area contributed by atoms with Crippen molar-refractivity contribution in [3.8, 4) is 5.75 Å². The summed E-state index contributed by atoms with van der Waals surface area (Å²) in [6.45, 7) is 8.78. The molecule has 0 aliphatic rings. The van der Waals surface area contributed by atoms with E-state index in [-0.39, 0.29) is 25.0 Å². The Morgan fingerprint density at radius 1 is 0.921 bits per heavy atom. The van der Waals surface area contributed by atoms with Crippen LogP contribution in [0.4, 0.5) is 0 Å². The molecular formula is C31H40BrN3O3. The standard InChI is InChI=1S/C31H40BrN3O3/c1-4-5-18-34(22-28-10-9-19-33(28)21-26-13-15-27(32)16-14-26)30(36)23-35(20-17-25(2)3)31(37)24-38-29-11-7-6-8-12-29/h6-16,19,25H,4-5,17-18,20-24H2,1-3H3. The topological polar surface area (TPSA) is 54.8 Å². The Balaban J connectivity index is 1.69. The Morgan fingerprint density at radius 2 is 1.66 bits per heavy atom. The van der Waals surface area contributed by atoms with Gasteiger partial charge in [0.05, 0.1) is 13.1 Å². The highest BCUT2D eigenvalue weighted by Gasteiger charge is 2.23. The molecule has 38 heavy (non-hydrogen) atoms. The largest absolute Gasteiger partial charge is 0.484 e. The van der Waals surface area contributed by atoms with Crippen molar-refractivity contribution in [1.29, 1.82) is 0 Å². The summed E-state index contributed by atoms with van der Waals surface area (Å²) in [5, 5.41) is 0. The average molecular weight is 583 g/mol. The molecule has 0 saturated carbocycles. The second-order valence-electron chi connectivity index (χ2n) is 10.0. The van der Waals surface area contributed by atoms with Crippen LogP contribution in [-0.4, -0.2) is 52.4 Å². The number of amides is 2. The Bertz CT molecular complexity index is 1130. The van der Waals surface area contributed by atoms with Crippen molar-refractivity contribution in [2.45, 2.75) is 53.1 Å². The fourth-order valence-corrected chi connectivity index (χ4v) is 4.36. The molecule has 6 nitrogen and oxygen atoms in total. The van der Waals surface area contributed by atoms with Crippen molar-refractivity contribution in [2.24, 2.45) is 5.92 Å². The van der Waals surface area contributed by atoms with Crippen LogP contribution in [0.25, 0.3) is 0 Å². The predicted octanol–water partition coefficient (Wildman–Crippen LogP) is 6.38. The lowest BCUT2D eigenvalue weighted by Gasteiger charge is -2.28. The SMILES string of the molecule is CCCCN(Cc1cccn1Cc1ccc(Br)cc1)C(=O)CN(CCC(C)C)C(=O)COc1ccccc1. The molecular weight excluding hydrogens is 542 g/mol. The molecule has 0 fully saturated rings. The fourth-order valence-electron chi connectivity index (χ4n) is 4.09. The zero-order chi connectivity index (χ0) is 27.3. The lowest BCUT2D eigenvalue weighted by Crippen LogP contribution is -2.45. The second-order valence-corrected chi connectivity index (χ2v) is 10.9. The molecule has 3 rings (SSSR count). The summed E-state index contributed by atoms with van der Waals surface area (Å²) in [5.41, 5.74) is 2.27. The summed E-state index contributed by atoms with van der Waals surface area (Å²) in [5.74, 6) is 0.865. The Labute approximate surface area is 235 Å². The number of benzene rings is 2. The van der Waals surface area contributed by atoms with Crippen LogP contribution in [0.5, 0.6) is 5.75 Å². The normalized spacial score (nSPS) is 11.0. The first-order chi connectivity index (χ1) is 18.4. The van der Waals surface area contributed by atoms with E-state index in [2.05, 4.69) is 65.7 Å². The van der Waals surface area contributed by atoms with E-state index in [1.54, 1.807) is 4.90 Å². The summed E-state index contributed by atoms with van der Waals surface area (Å²) >= 11 is 3.49. The molecule has 2 amide bonds. The Hall–Kier alpha value is -3.06. The molecule has 7 heteroatoms. The van der Waals surface area contributed by atoms with Gasteiger partial charge in [-0.3, -0.25) is 9.59 Å². The first-order valence-corrected chi connectivity index (χ1v) is 14.3. The number of carbonyl (C=O) groups excluding carboxylic acids is 2. The van der Waals surface area contributed by atoms with E-state index >= 15 is 0 Å². The van der Waals surface area contributed by atoms with Gasteiger partial charge < -0.3 is 19.1 Å². The third kappa shape index (κ3) is 9.67. The molecule has 1 heterocycles. The molecule has 0 aliphatic heterocycles. The van der Waals surface area contributed by atoms with Crippen LogP contribution in [-0.2, 0) is 22.7 Å². The summed E-state index contributed by atoms with van der Waals surface area (Å²) in [7, 11) is 0. The van der Waals surface area contributed by atoms with E-state index < -0.39 is 0 Å². The van der Waals surface area contributed by atoms with Crippen LogP contribution in [0.15, 0.2) is 77.4 Å². The third-order valence-corrected chi connectivity index (χ3v) is 6.97. The smallest absolute Gasteiger partial charge is 0.260 e. The minimum atomic E-state index is -0.170. The molecule has 0 unspecified atom stereocenters. The van der Waals surface area contributed by atoms with E-state index in [0.717, 1.165) is 36.0 Å². The minimum Gasteiger partial charge on any atom is -0.484 e. The van der Waals surface area contributed by atoms with Crippen LogP contribution in [0, 0.1) is 5.92 Å². The van der Waals surface area contributed by atoms with E-state index in [1.807, 2.05) is 53.4 Å². The van der Waals surface area contributed by atoms with Gasteiger partial charge in [0.25, 0.3) is 5.91 Å². The maximum atomic E-state index is 13.6. The van der Waals surface area contributed by atoms with Gasteiger partial charge >= 0.3 is 0 Å². The number of rotatable bonds is 15. The predicted molar refractivity (Wildman–Crippen MR) is 156 cm³/mol.